The summed E-state index contributed by atoms with van der Waals surface area (Å²) in [5.74, 6) is -0.755. The first-order valence-electron chi connectivity index (χ1n) is 13.8. The molecular weight excluding hydrogens is 506 g/mol. The Morgan fingerprint density at radius 3 is 2.44 bits per heavy atom. The fourth-order valence-electron chi connectivity index (χ4n) is 4.65. The van der Waals surface area contributed by atoms with Gasteiger partial charge in [0.15, 0.2) is 0 Å². The zero-order valence-electron chi connectivity index (χ0n) is 23.5. The normalized spacial score (nSPS) is 12.6. The molecule has 0 fully saturated rings. The van der Waals surface area contributed by atoms with Crippen LogP contribution < -0.4 is 5.32 Å². The van der Waals surface area contributed by atoms with E-state index >= 15 is 0 Å². The highest BCUT2D eigenvalue weighted by Crippen LogP contribution is 2.30. The monoisotopic (exact) mass is 547 g/mol. The van der Waals surface area contributed by atoms with E-state index in [-0.39, 0.29) is 12.0 Å². The molecule has 0 aliphatic carbocycles. The molecule has 6 heteroatoms. The van der Waals surface area contributed by atoms with Gasteiger partial charge in [-0.2, -0.15) is 11.8 Å². The number of thioether (sulfide) groups is 1. The average molecular weight is 548 g/mol. The van der Waals surface area contributed by atoms with Gasteiger partial charge in [-0.1, -0.05) is 81.3 Å². The lowest BCUT2D eigenvalue weighted by molar-refractivity contribution is -0.139. The van der Waals surface area contributed by atoms with E-state index in [1.54, 1.807) is 17.8 Å². The van der Waals surface area contributed by atoms with Crippen molar-refractivity contribution >= 4 is 23.6 Å². The highest BCUT2D eigenvalue weighted by atomic mass is 32.2. The lowest BCUT2D eigenvalue weighted by Crippen LogP contribution is -2.41. The van der Waals surface area contributed by atoms with Gasteiger partial charge in [-0.15, -0.1) is 0 Å². The summed E-state index contributed by atoms with van der Waals surface area (Å²) in [6.45, 7) is 6.78. The Morgan fingerprint density at radius 2 is 1.74 bits per heavy atom. The largest absolute Gasteiger partial charge is 0.480 e. The van der Waals surface area contributed by atoms with Gasteiger partial charge in [-0.05, 0) is 83.7 Å². The predicted octanol–water partition coefficient (Wildman–Crippen LogP) is 7.61. The maximum atomic E-state index is 13.4. The summed E-state index contributed by atoms with van der Waals surface area (Å²) in [5.41, 5.74) is 6.68. The molecule has 0 radical (unpaired) electrons. The Balaban J connectivity index is 1.91. The van der Waals surface area contributed by atoms with Crippen molar-refractivity contribution in [3.63, 3.8) is 0 Å². The third-order valence-corrected chi connectivity index (χ3v) is 7.62. The van der Waals surface area contributed by atoms with Crippen molar-refractivity contribution in [1.82, 2.24) is 5.32 Å². The van der Waals surface area contributed by atoms with E-state index in [0.717, 1.165) is 47.9 Å². The number of benzene rings is 3. The molecular formula is C33H41NO4S. The molecule has 39 heavy (non-hydrogen) atoms. The highest BCUT2D eigenvalue weighted by Gasteiger charge is 2.23. The second-order valence-corrected chi connectivity index (χ2v) is 10.9. The van der Waals surface area contributed by atoms with Gasteiger partial charge in [0.25, 0.3) is 5.91 Å². The fraction of sp³-hybridized carbons (Fsp3) is 0.394. The minimum atomic E-state index is -1.02. The van der Waals surface area contributed by atoms with Gasteiger partial charge in [0.05, 0.1) is 12.7 Å². The summed E-state index contributed by atoms with van der Waals surface area (Å²) in [6.07, 6.45) is 6.39. The number of carbonyl (C=O) groups is 2. The number of amides is 1. The van der Waals surface area contributed by atoms with Crippen LogP contribution in [-0.4, -0.2) is 35.0 Å². The summed E-state index contributed by atoms with van der Waals surface area (Å²) in [6, 6.07) is 21.3. The van der Waals surface area contributed by atoms with Gasteiger partial charge in [0, 0.05) is 5.56 Å². The third kappa shape index (κ3) is 8.70. The van der Waals surface area contributed by atoms with Crippen LogP contribution in [0.2, 0.25) is 0 Å². The van der Waals surface area contributed by atoms with Gasteiger partial charge >= 0.3 is 5.97 Å². The van der Waals surface area contributed by atoms with Crippen LogP contribution in [0.3, 0.4) is 0 Å². The molecule has 208 valence electrons. The van der Waals surface area contributed by atoms with Crippen molar-refractivity contribution in [2.45, 2.75) is 71.6 Å². The number of rotatable bonds is 15. The molecule has 0 aliphatic rings. The van der Waals surface area contributed by atoms with Gasteiger partial charge in [0.2, 0.25) is 0 Å². The molecule has 3 aromatic rings. The smallest absolute Gasteiger partial charge is 0.326 e. The second-order valence-electron chi connectivity index (χ2n) is 9.88. The van der Waals surface area contributed by atoms with E-state index in [4.69, 9.17) is 4.74 Å². The van der Waals surface area contributed by atoms with E-state index in [9.17, 15) is 14.7 Å². The maximum Gasteiger partial charge on any atom is 0.326 e. The van der Waals surface area contributed by atoms with Crippen molar-refractivity contribution in [2.75, 3.05) is 12.0 Å². The van der Waals surface area contributed by atoms with Crippen LogP contribution >= 0.6 is 11.8 Å². The van der Waals surface area contributed by atoms with Crippen molar-refractivity contribution < 1.29 is 19.4 Å². The molecule has 2 N–H and O–H groups in total. The van der Waals surface area contributed by atoms with Crippen LogP contribution in [0.15, 0.2) is 66.7 Å². The number of unbranched alkanes of at least 4 members (excludes halogenated alkanes) is 1. The Labute approximate surface area is 237 Å². The Kier molecular flexibility index (Phi) is 12.1. The first-order chi connectivity index (χ1) is 18.9. The van der Waals surface area contributed by atoms with Gasteiger partial charge in [-0.3, -0.25) is 4.79 Å². The Bertz CT molecular complexity index is 1240. The molecule has 3 rings (SSSR count). The van der Waals surface area contributed by atoms with Crippen molar-refractivity contribution in [3.8, 4) is 11.1 Å². The maximum absolute atomic E-state index is 13.4. The Hall–Kier alpha value is -3.09. The molecule has 1 amide bonds. The molecule has 0 heterocycles. The van der Waals surface area contributed by atoms with Crippen LogP contribution in [0.1, 0.15) is 78.2 Å². The summed E-state index contributed by atoms with van der Waals surface area (Å²) in [4.78, 5) is 25.1. The van der Waals surface area contributed by atoms with Crippen LogP contribution in [-0.2, 0) is 22.6 Å². The number of hydrogen-bond acceptors (Lipinski definition) is 4. The molecule has 0 spiro atoms. The average Bonchev–Trinajstić information content (AvgIpc) is 2.95. The van der Waals surface area contributed by atoms with Crippen molar-refractivity contribution in [2.24, 2.45) is 0 Å². The van der Waals surface area contributed by atoms with Crippen LogP contribution in [0.4, 0.5) is 0 Å². The van der Waals surface area contributed by atoms with E-state index in [2.05, 4.69) is 43.4 Å². The number of carbonyl (C=O) groups excluding carboxylic acids is 1. The SMILES string of the molecule is CCCC[C@H](OCc1ccc(C(=O)N[C@@H](CCSC)C(=O)O)c(-c2ccccc2C)c1)c1cccc(CC)c1. The third-order valence-electron chi connectivity index (χ3n) is 6.98. The Morgan fingerprint density at radius 1 is 0.949 bits per heavy atom. The lowest BCUT2D eigenvalue weighted by atomic mass is 9.93. The molecule has 2 atom stereocenters. The summed E-state index contributed by atoms with van der Waals surface area (Å²) < 4.78 is 6.50. The fourth-order valence-corrected chi connectivity index (χ4v) is 5.12. The molecule has 0 saturated carbocycles. The molecule has 0 saturated heterocycles. The van der Waals surface area contributed by atoms with Crippen LogP contribution in [0, 0.1) is 6.92 Å². The summed E-state index contributed by atoms with van der Waals surface area (Å²) >= 11 is 1.56. The van der Waals surface area contributed by atoms with E-state index in [1.165, 1.54) is 11.1 Å². The van der Waals surface area contributed by atoms with Gasteiger partial charge in [-0.25, -0.2) is 4.79 Å². The van der Waals surface area contributed by atoms with E-state index in [1.807, 2.05) is 49.6 Å². The quantitative estimate of drug-likeness (QED) is 0.205. The second kappa shape index (κ2) is 15.5. The minimum absolute atomic E-state index is 0.00547. The van der Waals surface area contributed by atoms with Crippen LogP contribution in [0.5, 0.6) is 0 Å². The van der Waals surface area contributed by atoms with Gasteiger partial charge < -0.3 is 15.2 Å². The number of hydrogen-bond donors (Lipinski definition) is 2. The molecule has 5 nitrogen and oxygen atoms in total. The standard InChI is InChI=1S/C33H41NO4S/c1-5-7-15-31(26-13-10-12-24(6-2)20-26)38-22-25-16-17-28(29(21-25)27-14-9-8-11-23(27)3)32(35)34-30(33(36)37)18-19-39-4/h8-14,16-17,20-21,30-31H,5-7,15,18-19,22H2,1-4H3,(H,34,35)(H,36,37)/t30-,31-/m0/s1. The molecule has 0 unspecified atom stereocenters. The zero-order valence-corrected chi connectivity index (χ0v) is 24.4. The van der Waals surface area contributed by atoms with Gasteiger partial charge in [0.1, 0.15) is 6.04 Å². The number of nitrogens with one attached hydrogen (secondary N) is 1. The van der Waals surface area contributed by atoms with Crippen LogP contribution in [0.25, 0.3) is 11.1 Å². The molecule has 3 aromatic carbocycles. The number of carboxylic acids is 1. The zero-order chi connectivity index (χ0) is 28.2. The van der Waals surface area contributed by atoms with E-state index in [0.29, 0.717) is 24.3 Å². The minimum Gasteiger partial charge on any atom is -0.480 e. The van der Waals surface area contributed by atoms with Crippen molar-refractivity contribution in [3.05, 3.63) is 94.5 Å². The van der Waals surface area contributed by atoms with E-state index < -0.39 is 12.0 Å². The topological polar surface area (TPSA) is 75.6 Å². The highest BCUT2D eigenvalue weighted by molar-refractivity contribution is 7.98. The number of carboxylic acid groups (broad SMARTS) is 1. The molecule has 0 aromatic heterocycles. The first kappa shape index (κ1) is 30.5. The summed E-state index contributed by atoms with van der Waals surface area (Å²) in [5, 5.41) is 12.4. The predicted molar refractivity (Wildman–Crippen MR) is 161 cm³/mol. The number of aliphatic carboxylic acids is 1. The molecule has 0 aliphatic heterocycles. The summed E-state index contributed by atoms with van der Waals surface area (Å²) in [7, 11) is 0. The number of aryl methyl sites for hydroxylation is 2. The van der Waals surface area contributed by atoms with Crippen molar-refractivity contribution in [1.29, 1.82) is 0 Å². The first-order valence-corrected chi connectivity index (χ1v) is 15.2. The lowest BCUT2D eigenvalue weighted by Gasteiger charge is -2.20. The molecule has 0 bridgehead atoms. The number of ether oxygens (including phenoxy) is 1.